The minimum atomic E-state index is -0.0543. The normalized spacial score (nSPS) is 11.9. The van der Waals surface area contributed by atoms with Crippen LogP contribution in [0.1, 0.15) is 25.3 Å². The maximum atomic E-state index is 11.9. The van der Waals surface area contributed by atoms with Crippen LogP contribution in [0.5, 0.6) is 0 Å². The lowest BCUT2D eigenvalue weighted by Crippen LogP contribution is -2.42. The molecular formula is C15H24N2O2. The Balaban J connectivity index is 2.28. The van der Waals surface area contributed by atoms with Crippen LogP contribution in [0.25, 0.3) is 0 Å². The Hall–Kier alpha value is -1.55. The fourth-order valence-electron chi connectivity index (χ4n) is 1.83. The zero-order chi connectivity index (χ0) is 14.1. The maximum absolute atomic E-state index is 11.9. The number of nitrogens with zero attached hydrogens (tertiary/aromatic N) is 1. The average Bonchev–Trinajstić information content (AvgIpc) is 2.43. The number of nitrogens with one attached hydrogen (secondary N) is 1. The van der Waals surface area contributed by atoms with Crippen LogP contribution >= 0.6 is 0 Å². The quantitative estimate of drug-likeness (QED) is 0.791. The summed E-state index contributed by atoms with van der Waals surface area (Å²) >= 11 is 0. The standard InChI is InChI=1S/C15H24N2O2/c1-13(7-6-12-18)16-15(19)17(2)11-10-14-8-4-3-5-9-14/h3-5,8-9,13,18H,6-7,10-12H2,1-2H3,(H,16,19). The number of aliphatic hydroxyl groups is 1. The highest BCUT2D eigenvalue weighted by atomic mass is 16.3. The van der Waals surface area contributed by atoms with Crippen molar-refractivity contribution in [2.75, 3.05) is 20.2 Å². The fraction of sp³-hybridized carbons (Fsp3) is 0.533. The summed E-state index contributed by atoms with van der Waals surface area (Å²) in [6, 6.07) is 10.2. The first-order valence-electron chi connectivity index (χ1n) is 6.80. The van der Waals surface area contributed by atoms with Crippen LogP contribution < -0.4 is 5.32 Å². The minimum Gasteiger partial charge on any atom is -0.396 e. The second-order valence-corrected chi connectivity index (χ2v) is 4.87. The van der Waals surface area contributed by atoms with Crippen molar-refractivity contribution >= 4 is 6.03 Å². The smallest absolute Gasteiger partial charge is 0.317 e. The molecule has 0 bridgehead atoms. The number of hydrogen-bond acceptors (Lipinski definition) is 2. The monoisotopic (exact) mass is 264 g/mol. The van der Waals surface area contributed by atoms with Crippen molar-refractivity contribution in [2.24, 2.45) is 0 Å². The van der Waals surface area contributed by atoms with Gasteiger partial charge < -0.3 is 15.3 Å². The highest BCUT2D eigenvalue weighted by Crippen LogP contribution is 2.01. The molecule has 2 amide bonds. The Morgan fingerprint density at radius 1 is 1.37 bits per heavy atom. The Kier molecular flexibility index (Phi) is 6.97. The van der Waals surface area contributed by atoms with Crippen molar-refractivity contribution in [3.05, 3.63) is 35.9 Å². The molecule has 0 fully saturated rings. The van der Waals surface area contributed by atoms with E-state index in [1.165, 1.54) is 5.56 Å². The number of likely N-dealkylation sites (N-methyl/N-ethyl adjacent to an activating group) is 1. The Morgan fingerprint density at radius 2 is 2.05 bits per heavy atom. The van der Waals surface area contributed by atoms with E-state index in [-0.39, 0.29) is 18.7 Å². The Labute approximate surface area is 115 Å². The average molecular weight is 264 g/mol. The molecule has 4 heteroatoms. The zero-order valence-electron chi connectivity index (χ0n) is 11.8. The van der Waals surface area contributed by atoms with E-state index in [1.54, 1.807) is 11.9 Å². The largest absolute Gasteiger partial charge is 0.396 e. The number of rotatable bonds is 7. The predicted octanol–water partition coefficient (Wildman–Crippen LogP) is 2.03. The minimum absolute atomic E-state index is 0.0543. The van der Waals surface area contributed by atoms with Crippen LogP contribution in [0.2, 0.25) is 0 Å². The molecule has 0 spiro atoms. The Morgan fingerprint density at radius 3 is 2.68 bits per heavy atom. The van der Waals surface area contributed by atoms with Crippen LogP contribution in [0.4, 0.5) is 4.79 Å². The van der Waals surface area contributed by atoms with E-state index in [9.17, 15) is 4.79 Å². The number of amides is 2. The molecule has 1 atom stereocenters. The lowest BCUT2D eigenvalue weighted by Gasteiger charge is -2.21. The lowest BCUT2D eigenvalue weighted by atomic mass is 10.1. The molecule has 1 unspecified atom stereocenters. The number of carbonyl (C=O) groups excluding carboxylic acids is 1. The lowest BCUT2D eigenvalue weighted by molar-refractivity contribution is 0.203. The highest BCUT2D eigenvalue weighted by Gasteiger charge is 2.11. The third-order valence-electron chi connectivity index (χ3n) is 3.09. The molecule has 106 valence electrons. The number of urea groups is 1. The van der Waals surface area contributed by atoms with Gasteiger partial charge in [0.1, 0.15) is 0 Å². The van der Waals surface area contributed by atoms with E-state index in [1.807, 2.05) is 25.1 Å². The van der Waals surface area contributed by atoms with Crippen LogP contribution in [0, 0.1) is 0 Å². The van der Waals surface area contributed by atoms with Crippen LogP contribution in [-0.4, -0.2) is 42.3 Å². The number of benzene rings is 1. The number of aliphatic hydroxyl groups excluding tert-OH is 1. The van der Waals surface area contributed by atoms with Gasteiger partial charge in [-0.2, -0.15) is 0 Å². The summed E-state index contributed by atoms with van der Waals surface area (Å²) in [5.41, 5.74) is 1.23. The maximum Gasteiger partial charge on any atom is 0.317 e. The van der Waals surface area contributed by atoms with Crippen molar-refractivity contribution in [3.8, 4) is 0 Å². The zero-order valence-corrected chi connectivity index (χ0v) is 11.8. The molecule has 4 nitrogen and oxygen atoms in total. The first-order chi connectivity index (χ1) is 9.13. The second-order valence-electron chi connectivity index (χ2n) is 4.87. The summed E-state index contributed by atoms with van der Waals surface area (Å²) in [5.74, 6) is 0. The van der Waals surface area contributed by atoms with E-state index >= 15 is 0 Å². The summed E-state index contributed by atoms with van der Waals surface area (Å²) in [7, 11) is 1.80. The topological polar surface area (TPSA) is 52.6 Å². The molecule has 19 heavy (non-hydrogen) atoms. The molecule has 1 aromatic rings. The molecule has 0 aliphatic rings. The van der Waals surface area contributed by atoms with Crippen molar-refractivity contribution < 1.29 is 9.90 Å². The van der Waals surface area contributed by atoms with Crippen LogP contribution in [-0.2, 0) is 6.42 Å². The second kappa shape index (κ2) is 8.53. The van der Waals surface area contributed by atoms with Crippen molar-refractivity contribution in [3.63, 3.8) is 0 Å². The SMILES string of the molecule is CC(CCCO)NC(=O)N(C)CCc1ccccc1. The molecule has 2 N–H and O–H groups in total. The van der Waals surface area contributed by atoms with Crippen molar-refractivity contribution in [1.82, 2.24) is 10.2 Å². The highest BCUT2D eigenvalue weighted by molar-refractivity contribution is 5.74. The third kappa shape index (κ3) is 6.25. The van der Waals surface area contributed by atoms with Gasteiger partial charge in [-0.3, -0.25) is 0 Å². The van der Waals surface area contributed by atoms with Gasteiger partial charge in [0.05, 0.1) is 0 Å². The van der Waals surface area contributed by atoms with Gasteiger partial charge in [-0.25, -0.2) is 4.79 Å². The first-order valence-corrected chi connectivity index (χ1v) is 6.80. The summed E-state index contributed by atoms with van der Waals surface area (Å²) in [4.78, 5) is 13.6. The van der Waals surface area contributed by atoms with E-state index in [4.69, 9.17) is 5.11 Å². The third-order valence-corrected chi connectivity index (χ3v) is 3.09. The Bertz CT molecular complexity index is 368. The van der Waals surface area contributed by atoms with Crippen molar-refractivity contribution in [1.29, 1.82) is 0 Å². The van der Waals surface area contributed by atoms with Gasteiger partial charge in [0.2, 0.25) is 0 Å². The molecule has 1 aromatic carbocycles. The molecule has 0 heterocycles. The summed E-state index contributed by atoms with van der Waals surface area (Å²) < 4.78 is 0. The van der Waals surface area contributed by atoms with Crippen molar-refractivity contribution in [2.45, 2.75) is 32.2 Å². The molecule has 0 aliphatic carbocycles. The number of hydrogen-bond donors (Lipinski definition) is 2. The van der Waals surface area contributed by atoms with E-state index in [0.717, 1.165) is 19.3 Å². The van der Waals surface area contributed by atoms with Gasteiger partial charge in [-0.1, -0.05) is 30.3 Å². The van der Waals surface area contributed by atoms with Gasteiger partial charge >= 0.3 is 6.03 Å². The van der Waals surface area contributed by atoms with Gasteiger partial charge in [0.15, 0.2) is 0 Å². The number of carbonyl (C=O) groups is 1. The molecule has 0 aromatic heterocycles. The molecule has 0 saturated carbocycles. The summed E-state index contributed by atoms with van der Waals surface area (Å²) in [5, 5.41) is 11.7. The molecule has 1 rings (SSSR count). The molecular weight excluding hydrogens is 240 g/mol. The van der Waals surface area contributed by atoms with E-state index in [0.29, 0.717) is 6.54 Å². The van der Waals surface area contributed by atoms with Gasteiger partial charge in [0.25, 0.3) is 0 Å². The van der Waals surface area contributed by atoms with Crippen LogP contribution in [0.15, 0.2) is 30.3 Å². The molecule has 0 radical (unpaired) electrons. The van der Waals surface area contributed by atoms with E-state index < -0.39 is 0 Å². The van der Waals surface area contributed by atoms with Gasteiger partial charge in [0, 0.05) is 26.2 Å². The predicted molar refractivity (Wildman–Crippen MR) is 77.1 cm³/mol. The molecule has 0 aliphatic heterocycles. The first kappa shape index (κ1) is 15.5. The van der Waals surface area contributed by atoms with Crippen LogP contribution in [0.3, 0.4) is 0 Å². The van der Waals surface area contributed by atoms with Gasteiger partial charge in [-0.15, -0.1) is 0 Å². The van der Waals surface area contributed by atoms with E-state index in [2.05, 4.69) is 17.4 Å². The summed E-state index contributed by atoms with van der Waals surface area (Å²) in [6.45, 7) is 2.82. The van der Waals surface area contributed by atoms with Gasteiger partial charge in [-0.05, 0) is 31.7 Å². The molecule has 0 saturated heterocycles. The summed E-state index contributed by atoms with van der Waals surface area (Å²) in [6.07, 6.45) is 2.37. The fourth-order valence-corrected chi connectivity index (χ4v) is 1.83.